The number of hydrogen-bond donors (Lipinski definition) is 3. The molecule has 0 aliphatic heterocycles. The normalized spacial score (nSPS) is 11.6. The third-order valence-electron chi connectivity index (χ3n) is 4.78. The fraction of sp³-hybridized carbons (Fsp3) is 0.318. The van der Waals surface area contributed by atoms with E-state index in [1.807, 2.05) is 55.5 Å². The number of aryl methyl sites for hydroxylation is 2. The second-order valence-electron chi connectivity index (χ2n) is 7.07. The molecule has 3 aromatic rings. The summed E-state index contributed by atoms with van der Waals surface area (Å²) in [6, 6.07) is 15.5. The summed E-state index contributed by atoms with van der Waals surface area (Å²) in [6.07, 6.45) is 3.79. The molecule has 3 rings (SSSR count). The van der Waals surface area contributed by atoms with Crippen molar-refractivity contribution in [1.82, 2.24) is 4.98 Å². The Bertz CT molecular complexity index is 868. The summed E-state index contributed by atoms with van der Waals surface area (Å²) in [5, 5.41) is 18.7. The molecule has 1 heterocycles. The van der Waals surface area contributed by atoms with E-state index in [1.165, 1.54) is 0 Å². The van der Waals surface area contributed by atoms with Crippen LogP contribution in [0.25, 0.3) is 11.3 Å². The highest BCUT2D eigenvalue weighted by Crippen LogP contribution is 2.26. The molecular weight excluding hydrogens is 356 g/mol. The fourth-order valence-corrected chi connectivity index (χ4v) is 2.78. The van der Waals surface area contributed by atoms with Gasteiger partial charge in [-0.1, -0.05) is 19.1 Å². The third kappa shape index (κ3) is 4.98. The number of aliphatic hydroxyl groups is 2. The lowest BCUT2D eigenvalue weighted by Gasteiger charge is -2.20. The van der Waals surface area contributed by atoms with Crippen molar-refractivity contribution in [1.29, 1.82) is 0 Å². The van der Waals surface area contributed by atoms with Crippen LogP contribution in [-0.4, -0.2) is 33.9 Å². The molecule has 0 atom stereocenters. The molecule has 0 radical (unpaired) electrons. The number of ether oxygens (including phenoxy) is 1. The molecule has 0 saturated carbocycles. The molecule has 0 aliphatic carbocycles. The second-order valence-corrected chi connectivity index (χ2v) is 7.07. The summed E-state index contributed by atoms with van der Waals surface area (Å²) >= 11 is 0. The summed E-state index contributed by atoms with van der Waals surface area (Å²) in [5.74, 6) is 2.22. The summed E-state index contributed by atoms with van der Waals surface area (Å²) < 4.78 is 11.3. The van der Waals surface area contributed by atoms with Crippen molar-refractivity contribution in [2.45, 2.75) is 31.7 Å². The van der Waals surface area contributed by atoms with E-state index in [0.717, 1.165) is 47.1 Å². The average Bonchev–Trinajstić information content (AvgIpc) is 3.23. The molecule has 0 aliphatic rings. The van der Waals surface area contributed by atoms with Gasteiger partial charge >= 0.3 is 0 Å². The first-order valence-electron chi connectivity index (χ1n) is 9.44. The number of nitrogens with zero attached hydrogens (tertiary/aromatic N) is 1. The molecule has 0 unspecified atom stereocenters. The van der Waals surface area contributed by atoms with Gasteiger partial charge in [0.1, 0.15) is 42.2 Å². The van der Waals surface area contributed by atoms with Crippen LogP contribution in [0.4, 0.5) is 0 Å². The van der Waals surface area contributed by atoms with Gasteiger partial charge in [-0.15, -0.1) is 0 Å². The van der Waals surface area contributed by atoms with Gasteiger partial charge in [0.2, 0.25) is 0 Å². The first-order valence-corrected chi connectivity index (χ1v) is 9.44. The molecule has 5 N–H and O–H groups in total. The van der Waals surface area contributed by atoms with Gasteiger partial charge in [-0.25, -0.2) is 4.98 Å². The van der Waals surface area contributed by atoms with E-state index < -0.39 is 5.54 Å². The Morgan fingerprint density at radius 3 is 2.14 bits per heavy atom. The predicted molar refractivity (Wildman–Crippen MR) is 106 cm³/mol. The highest BCUT2D eigenvalue weighted by molar-refractivity contribution is 5.59. The summed E-state index contributed by atoms with van der Waals surface area (Å²) in [4.78, 5) is 4.43. The van der Waals surface area contributed by atoms with Gasteiger partial charge in [0.25, 0.3) is 0 Å². The van der Waals surface area contributed by atoms with E-state index in [4.69, 9.17) is 9.15 Å². The first-order chi connectivity index (χ1) is 13.5. The average molecular weight is 383 g/mol. The van der Waals surface area contributed by atoms with Crippen molar-refractivity contribution in [3.8, 4) is 22.8 Å². The molecule has 0 fully saturated rings. The van der Waals surface area contributed by atoms with Crippen LogP contribution in [0.15, 0.2) is 59.2 Å². The maximum Gasteiger partial charge on any atom is 0.194 e. The Labute approximate surface area is 164 Å². The van der Waals surface area contributed by atoms with Crippen LogP contribution < -0.4 is 10.5 Å². The van der Waals surface area contributed by atoms with Crippen LogP contribution in [0, 0.1) is 0 Å². The van der Waals surface area contributed by atoms with Gasteiger partial charge in [0.05, 0.1) is 0 Å². The van der Waals surface area contributed by atoms with Gasteiger partial charge in [0, 0.05) is 18.4 Å². The van der Waals surface area contributed by atoms with Gasteiger partial charge in [-0.05, 0) is 48.4 Å². The lowest BCUT2D eigenvalue weighted by molar-refractivity contribution is -0.491. The van der Waals surface area contributed by atoms with E-state index in [0.29, 0.717) is 6.42 Å². The van der Waals surface area contributed by atoms with Crippen LogP contribution in [0.2, 0.25) is 0 Å². The van der Waals surface area contributed by atoms with Crippen molar-refractivity contribution < 1.29 is 25.1 Å². The van der Waals surface area contributed by atoms with E-state index in [-0.39, 0.29) is 13.2 Å². The first kappa shape index (κ1) is 20.1. The van der Waals surface area contributed by atoms with Gasteiger partial charge in [0.15, 0.2) is 5.89 Å². The number of hydrogen-bond acceptors (Lipinski definition) is 5. The maximum absolute atomic E-state index is 9.33. The fourth-order valence-electron chi connectivity index (χ4n) is 2.78. The zero-order valence-corrected chi connectivity index (χ0v) is 16.1. The molecule has 148 valence electrons. The smallest absolute Gasteiger partial charge is 0.194 e. The standard InChI is InChI=1S/C22H26N2O4/c1-2-21-24-20(13-27-21)17-5-9-19(10-6-17)28-18-7-3-16(4-8-18)11-12-22(23,14-25)15-26/h3-10,13,25-26H,2,11-12,14-15,23H2,1H3/p+1. The number of oxazole rings is 1. The molecular formula is C22H27N2O4+. The second kappa shape index (κ2) is 9.01. The van der Waals surface area contributed by atoms with Crippen molar-refractivity contribution in [3.05, 3.63) is 66.2 Å². The minimum absolute atomic E-state index is 0.130. The van der Waals surface area contributed by atoms with Crippen molar-refractivity contribution in [2.75, 3.05) is 13.2 Å². The van der Waals surface area contributed by atoms with E-state index in [2.05, 4.69) is 10.7 Å². The third-order valence-corrected chi connectivity index (χ3v) is 4.78. The number of aliphatic hydroxyl groups excluding tert-OH is 2. The summed E-state index contributed by atoms with van der Waals surface area (Å²) in [6.45, 7) is 1.75. The molecule has 0 bridgehead atoms. The molecule has 0 saturated heterocycles. The summed E-state index contributed by atoms with van der Waals surface area (Å²) in [5.41, 5.74) is 6.11. The Balaban J connectivity index is 1.59. The Morgan fingerprint density at radius 1 is 1.00 bits per heavy atom. The highest BCUT2D eigenvalue weighted by atomic mass is 16.5. The Kier molecular flexibility index (Phi) is 6.46. The summed E-state index contributed by atoms with van der Waals surface area (Å²) in [7, 11) is 0. The lowest BCUT2D eigenvalue weighted by Crippen LogP contribution is -2.76. The number of quaternary nitrogens is 1. The molecule has 6 nitrogen and oxygen atoms in total. The molecule has 2 aromatic carbocycles. The molecule has 1 aromatic heterocycles. The number of rotatable bonds is 9. The van der Waals surface area contributed by atoms with E-state index in [9.17, 15) is 10.2 Å². The predicted octanol–water partition coefficient (Wildman–Crippen LogP) is 2.59. The van der Waals surface area contributed by atoms with Crippen LogP contribution in [0.5, 0.6) is 11.5 Å². The van der Waals surface area contributed by atoms with Crippen molar-refractivity contribution in [3.63, 3.8) is 0 Å². The Hall–Kier alpha value is -2.67. The zero-order valence-electron chi connectivity index (χ0n) is 16.1. The maximum atomic E-state index is 9.33. The zero-order chi connectivity index (χ0) is 20.0. The minimum Gasteiger partial charge on any atom is -0.457 e. The SMILES string of the molecule is CCc1nc(-c2ccc(Oc3ccc(CCC([NH3+])(CO)CO)cc3)cc2)co1. The van der Waals surface area contributed by atoms with Crippen LogP contribution >= 0.6 is 0 Å². The van der Waals surface area contributed by atoms with Gasteiger partial charge in [-0.3, -0.25) is 0 Å². The topological polar surface area (TPSA) is 103 Å². The van der Waals surface area contributed by atoms with Gasteiger partial charge < -0.3 is 25.1 Å². The van der Waals surface area contributed by atoms with Crippen molar-refractivity contribution in [2.24, 2.45) is 0 Å². The van der Waals surface area contributed by atoms with Gasteiger partial charge in [-0.2, -0.15) is 0 Å². The van der Waals surface area contributed by atoms with E-state index >= 15 is 0 Å². The highest BCUT2D eigenvalue weighted by Gasteiger charge is 2.26. The van der Waals surface area contributed by atoms with Crippen LogP contribution in [-0.2, 0) is 12.8 Å². The van der Waals surface area contributed by atoms with Crippen molar-refractivity contribution >= 4 is 0 Å². The lowest BCUT2D eigenvalue weighted by atomic mass is 9.94. The number of aromatic nitrogens is 1. The monoisotopic (exact) mass is 383 g/mol. The number of benzene rings is 2. The molecule has 28 heavy (non-hydrogen) atoms. The minimum atomic E-state index is -0.696. The van der Waals surface area contributed by atoms with E-state index in [1.54, 1.807) is 6.26 Å². The largest absolute Gasteiger partial charge is 0.457 e. The van der Waals surface area contributed by atoms with Crippen LogP contribution in [0.1, 0.15) is 24.8 Å². The molecule has 6 heteroatoms. The van der Waals surface area contributed by atoms with Crippen LogP contribution in [0.3, 0.4) is 0 Å². The molecule has 0 spiro atoms. The molecule has 0 amide bonds. The Morgan fingerprint density at radius 2 is 1.61 bits per heavy atom. The quantitative estimate of drug-likeness (QED) is 0.527.